The highest BCUT2D eigenvalue weighted by Crippen LogP contribution is 2.24. The van der Waals surface area contributed by atoms with Crippen LogP contribution >= 0.6 is 0 Å². The quantitative estimate of drug-likeness (QED) is 0.870. The van der Waals surface area contributed by atoms with Gasteiger partial charge in [-0.05, 0) is 18.4 Å². The van der Waals surface area contributed by atoms with Crippen LogP contribution in [0.1, 0.15) is 22.3 Å². The number of likely N-dealkylation sites (tertiary alicyclic amines) is 1. The third kappa shape index (κ3) is 3.20. The van der Waals surface area contributed by atoms with E-state index in [1.807, 2.05) is 23.1 Å². The number of nitrogens with zero attached hydrogens (tertiary/aromatic N) is 2. The maximum Gasteiger partial charge on any atom is 0.258 e. The van der Waals surface area contributed by atoms with Gasteiger partial charge in [0.2, 0.25) is 0 Å². The monoisotopic (exact) mass is 300 g/mol. The van der Waals surface area contributed by atoms with Gasteiger partial charge in [-0.25, -0.2) is 0 Å². The Bertz CT molecular complexity index is 598. The molecule has 3 rings (SSSR count). The fourth-order valence-electron chi connectivity index (χ4n) is 3.11. The maximum absolute atomic E-state index is 12.4. The molecule has 1 aliphatic heterocycles. The Morgan fingerprint density at radius 1 is 1.41 bits per heavy atom. The summed E-state index contributed by atoms with van der Waals surface area (Å²) in [4.78, 5) is 14.3. The number of aromatic nitrogens is 1. The van der Waals surface area contributed by atoms with Gasteiger partial charge in [0.1, 0.15) is 6.26 Å². The van der Waals surface area contributed by atoms with Crippen LogP contribution in [0.2, 0.25) is 0 Å². The van der Waals surface area contributed by atoms with Gasteiger partial charge in [-0.15, -0.1) is 0 Å². The van der Waals surface area contributed by atoms with Crippen LogP contribution in [0.15, 0.2) is 47.3 Å². The molecule has 2 atom stereocenters. The standard InChI is InChI=1S/C17H20N2O3/c1-21-16-7-8-19(17(20)15-10-18-22-12-15)11-14(16)9-13-5-3-2-4-6-13/h2-6,10,12,14,16H,7-9,11H2,1H3/t14-,16-/m1/s1. The lowest BCUT2D eigenvalue weighted by molar-refractivity contribution is -0.00301. The molecule has 1 amide bonds. The predicted octanol–water partition coefficient (Wildman–Crippen LogP) is 2.39. The summed E-state index contributed by atoms with van der Waals surface area (Å²) >= 11 is 0. The van der Waals surface area contributed by atoms with Gasteiger partial charge >= 0.3 is 0 Å². The minimum Gasteiger partial charge on any atom is -0.381 e. The van der Waals surface area contributed by atoms with Crippen molar-refractivity contribution in [1.82, 2.24) is 10.1 Å². The van der Waals surface area contributed by atoms with Gasteiger partial charge < -0.3 is 14.2 Å². The molecule has 0 unspecified atom stereocenters. The number of hydrogen-bond acceptors (Lipinski definition) is 4. The molecule has 0 N–H and O–H groups in total. The summed E-state index contributed by atoms with van der Waals surface area (Å²) in [6.07, 6.45) is 4.82. The molecule has 22 heavy (non-hydrogen) atoms. The van der Waals surface area contributed by atoms with Crippen molar-refractivity contribution < 1.29 is 14.1 Å². The third-order valence-corrected chi connectivity index (χ3v) is 4.27. The van der Waals surface area contributed by atoms with Gasteiger partial charge in [0.05, 0.1) is 17.9 Å². The normalized spacial score (nSPS) is 21.8. The van der Waals surface area contributed by atoms with E-state index in [9.17, 15) is 4.79 Å². The number of amides is 1. The fourth-order valence-corrected chi connectivity index (χ4v) is 3.11. The topological polar surface area (TPSA) is 55.6 Å². The summed E-state index contributed by atoms with van der Waals surface area (Å²) in [5.74, 6) is 0.277. The average molecular weight is 300 g/mol. The zero-order valence-corrected chi connectivity index (χ0v) is 12.6. The third-order valence-electron chi connectivity index (χ3n) is 4.27. The van der Waals surface area contributed by atoms with Crippen LogP contribution in [-0.2, 0) is 11.2 Å². The lowest BCUT2D eigenvalue weighted by Gasteiger charge is -2.37. The molecule has 5 heteroatoms. The van der Waals surface area contributed by atoms with Crippen molar-refractivity contribution in [2.45, 2.75) is 18.9 Å². The number of hydrogen-bond donors (Lipinski definition) is 0. The van der Waals surface area contributed by atoms with Crippen molar-refractivity contribution in [3.8, 4) is 0 Å². The molecule has 0 bridgehead atoms. The Labute approximate surface area is 129 Å². The molecular weight excluding hydrogens is 280 g/mol. The number of piperidine rings is 1. The van der Waals surface area contributed by atoms with E-state index < -0.39 is 0 Å². The molecule has 1 saturated heterocycles. The average Bonchev–Trinajstić information content (AvgIpc) is 3.09. The smallest absolute Gasteiger partial charge is 0.258 e. The largest absolute Gasteiger partial charge is 0.381 e. The number of carbonyl (C=O) groups excluding carboxylic acids is 1. The summed E-state index contributed by atoms with van der Waals surface area (Å²) in [5, 5.41) is 3.61. The molecule has 2 aromatic rings. The first-order valence-electron chi connectivity index (χ1n) is 7.53. The molecule has 5 nitrogen and oxygen atoms in total. The van der Waals surface area contributed by atoms with Crippen LogP contribution in [0.4, 0.5) is 0 Å². The van der Waals surface area contributed by atoms with Crippen LogP contribution in [0.25, 0.3) is 0 Å². The van der Waals surface area contributed by atoms with Crippen molar-refractivity contribution in [2.24, 2.45) is 5.92 Å². The Kier molecular flexibility index (Phi) is 4.53. The molecule has 116 valence electrons. The molecule has 1 fully saturated rings. The minimum atomic E-state index is -0.0196. The second-order valence-electron chi connectivity index (χ2n) is 5.68. The van der Waals surface area contributed by atoms with Gasteiger partial charge in [0.15, 0.2) is 0 Å². The van der Waals surface area contributed by atoms with E-state index >= 15 is 0 Å². The van der Waals surface area contributed by atoms with Crippen LogP contribution in [0.3, 0.4) is 0 Å². The number of methoxy groups -OCH3 is 1. The van der Waals surface area contributed by atoms with E-state index in [4.69, 9.17) is 9.26 Å². The van der Waals surface area contributed by atoms with Crippen molar-refractivity contribution in [3.63, 3.8) is 0 Å². The SMILES string of the molecule is CO[C@@H]1CCN(C(=O)c2cnoc2)C[C@H]1Cc1ccccc1. The summed E-state index contributed by atoms with van der Waals surface area (Å²) in [7, 11) is 1.75. The zero-order valence-electron chi connectivity index (χ0n) is 12.6. The van der Waals surface area contributed by atoms with E-state index in [1.54, 1.807) is 7.11 Å². The predicted molar refractivity (Wildman–Crippen MR) is 81.5 cm³/mol. The number of benzene rings is 1. The van der Waals surface area contributed by atoms with E-state index in [0.717, 1.165) is 12.8 Å². The number of rotatable bonds is 4. The molecule has 1 aromatic carbocycles. The van der Waals surface area contributed by atoms with E-state index in [2.05, 4.69) is 17.3 Å². The van der Waals surface area contributed by atoms with Gasteiger partial charge in [-0.1, -0.05) is 35.5 Å². The highest BCUT2D eigenvalue weighted by Gasteiger charge is 2.32. The molecule has 2 heterocycles. The molecular formula is C17H20N2O3. The van der Waals surface area contributed by atoms with Crippen LogP contribution < -0.4 is 0 Å². The van der Waals surface area contributed by atoms with Crippen molar-refractivity contribution in [1.29, 1.82) is 0 Å². The first-order chi connectivity index (χ1) is 10.8. The maximum atomic E-state index is 12.4. The second kappa shape index (κ2) is 6.75. The molecule has 0 aliphatic carbocycles. The Hall–Kier alpha value is -2.14. The van der Waals surface area contributed by atoms with Crippen LogP contribution in [0, 0.1) is 5.92 Å². The summed E-state index contributed by atoms with van der Waals surface area (Å²) in [5.41, 5.74) is 1.78. The van der Waals surface area contributed by atoms with E-state index in [1.165, 1.54) is 18.0 Å². The van der Waals surface area contributed by atoms with E-state index in [-0.39, 0.29) is 12.0 Å². The number of ether oxygens (including phenoxy) is 1. The van der Waals surface area contributed by atoms with Crippen LogP contribution in [-0.4, -0.2) is 42.3 Å². The van der Waals surface area contributed by atoms with E-state index in [0.29, 0.717) is 24.6 Å². The first kappa shape index (κ1) is 14.8. The molecule has 1 aliphatic rings. The fraction of sp³-hybridized carbons (Fsp3) is 0.412. The van der Waals surface area contributed by atoms with Crippen molar-refractivity contribution in [3.05, 3.63) is 53.9 Å². The molecule has 0 spiro atoms. The summed E-state index contributed by atoms with van der Waals surface area (Å²) in [6.45, 7) is 1.39. The second-order valence-corrected chi connectivity index (χ2v) is 5.68. The number of carbonyl (C=O) groups is 1. The lowest BCUT2D eigenvalue weighted by Crippen LogP contribution is -2.47. The van der Waals surface area contributed by atoms with Gasteiger partial charge in [-0.3, -0.25) is 4.79 Å². The van der Waals surface area contributed by atoms with Gasteiger partial charge in [-0.2, -0.15) is 0 Å². The summed E-state index contributed by atoms with van der Waals surface area (Å²) < 4.78 is 10.4. The van der Waals surface area contributed by atoms with Crippen LogP contribution in [0.5, 0.6) is 0 Å². The Morgan fingerprint density at radius 3 is 2.91 bits per heavy atom. The summed E-state index contributed by atoms with van der Waals surface area (Å²) in [6, 6.07) is 10.3. The first-order valence-corrected chi connectivity index (χ1v) is 7.53. The highest BCUT2D eigenvalue weighted by molar-refractivity contribution is 5.93. The minimum absolute atomic E-state index is 0.0196. The lowest BCUT2D eigenvalue weighted by atomic mass is 9.88. The van der Waals surface area contributed by atoms with Gasteiger partial charge in [0, 0.05) is 26.1 Å². The molecule has 1 aromatic heterocycles. The zero-order chi connectivity index (χ0) is 15.4. The van der Waals surface area contributed by atoms with Crippen molar-refractivity contribution >= 4 is 5.91 Å². The Balaban J connectivity index is 1.71. The molecule has 0 saturated carbocycles. The van der Waals surface area contributed by atoms with Gasteiger partial charge in [0.25, 0.3) is 5.91 Å². The Morgan fingerprint density at radius 2 is 2.23 bits per heavy atom. The van der Waals surface area contributed by atoms with Crippen molar-refractivity contribution in [2.75, 3.05) is 20.2 Å². The highest BCUT2D eigenvalue weighted by atomic mass is 16.5. The molecule has 0 radical (unpaired) electrons.